The Labute approximate surface area is 166 Å². The van der Waals surface area contributed by atoms with Gasteiger partial charge in [-0.3, -0.25) is 4.79 Å². The molecule has 1 heterocycles. The number of hydrogen-bond donors (Lipinski definition) is 2. The van der Waals surface area contributed by atoms with E-state index in [1.54, 1.807) is 6.08 Å². The van der Waals surface area contributed by atoms with E-state index in [2.05, 4.69) is 48.4 Å². The van der Waals surface area contributed by atoms with Gasteiger partial charge in [0.25, 0.3) is 5.91 Å². The van der Waals surface area contributed by atoms with Gasteiger partial charge in [-0.2, -0.15) is 0 Å². The highest BCUT2D eigenvalue weighted by molar-refractivity contribution is 5.99. The van der Waals surface area contributed by atoms with Crippen LogP contribution in [0.3, 0.4) is 0 Å². The molecule has 0 bridgehead atoms. The molecule has 3 rings (SSSR count). The Kier molecular flexibility index (Phi) is 6.58. The van der Waals surface area contributed by atoms with Gasteiger partial charge in [0, 0.05) is 18.7 Å². The van der Waals surface area contributed by atoms with Crippen LogP contribution in [0.2, 0.25) is 0 Å². The van der Waals surface area contributed by atoms with Gasteiger partial charge in [0.2, 0.25) is 0 Å². The molecule has 3 aromatic rings. The molecule has 0 radical (unpaired) electrons. The van der Waals surface area contributed by atoms with Crippen molar-refractivity contribution < 1.29 is 4.79 Å². The lowest BCUT2D eigenvalue weighted by atomic mass is 10.1. The number of aromatic nitrogens is 1. The standard InChI is InChI=1S/C24H25N3O/c1-3-15-26-24(28)21-12-13-22(20-10-5-4-6-11-20)27-23(21)25-16-14-19-9-7-8-18(2)17-19/h3-13,17H,1,14-16H2,2H3,(H,25,27)(H,26,28). The zero-order valence-corrected chi connectivity index (χ0v) is 16.1. The SMILES string of the molecule is C=CCNC(=O)c1ccc(-c2ccccc2)nc1NCCc1cccc(C)c1. The molecule has 2 N–H and O–H groups in total. The number of aryl methyl sites for hydroxylation is 1. The molecule has 1 amide bonds. The number of amides is 1. The second kappa shape index (κ2) is 9.51. The Morgan fingerprint density at radius 3 is 2.64 bits per heavy atom. The van der Waals surface area contributed by atoms with Crippen LogP contribution in [0.15, 0.2) is 79.4 Å². The van der Waals surface area contributed by atoms with Crippen molar-refractivity contribution in [2.45, 2.75) is 13.3 Å². The highest BCUT2D eigenvalue weighted by Crippen LogP contribution is 2.22. The molecule has 0 saturated carbocycles. The normalized spacial score (nSPS) is 10.3. The molecule has 4 heteroatoms. The molecule has 142 valence electrons. The van der Waals surface area contributed by atoms with Gasteiger partial charge >= 0.3 is 0 Å². The van der Waals surface area contributed by atoms with Crippen LogP contribution in [0.5, 0.6) is 0 Å². The smallest absolute Gasteiger partial charge is 0.255 e. The first kappa shape index (κ1) is 19.4. The number of carbonyl (C=O) groups is 1. The van der Waals surface area contributed by atoms with E-state index in [0.717, 1.165) is 17.7 Å². The molecule has 0 aliphatic heterocycles. The summed E-state index contributed by atoms with van der Waals surface area (Å²) in [5.41, 5.74) is 4.88. The van der Waals surface area contributed by atoms with E-state index >= 15 is 0 Å². The van der Waals surface area contributed by atoms with Gasteiger partial charge in [0.15, 0.2) is 0 Å². The minimum atomic E-state index is -0.162. The Hall–Kier alpha value is -3.40. The van der Waals surface area contributed by atoms with Gasteiger partial charge in [-0.05, 0) is 31.0 Å². The van der Waals surface area contributed by atoms with Crippen LogP contribution in [0, 0.1) is 6.92 Å². The predicted molar refractivity (Wildman–Crippen MR) is 116 cm³/mol. The van der Waals surface area contributed by atoms with E-state index in [9.17, 15) is 4.79 Å². The lowest BCUT2D eigenvalue weighted by molar-refractivity contribution is 0.0958. The molecule has 0 saturated heterocycles. The minimum absolute atomic E-state index is 0.162. The van der Waals surface area contributed by atoms with Crippen LogP contribution in [-0.2, 0) is 6.42 Å². The molecule has 0 aliphatic carbocycles. The summed E-state index contributed by atoms with van der Waals surface area (Å²) in [6, 6.07) is 22.1. The zero-order chi connectivity index (χ0) is 19.8. The van der Waals surface area contributed by atoms with Crippen molar-refractivity contribution >= 4 is 11.7 Å². The molecule has 0 spiro atoms. The lowest BCUT2D eigenvalue weighted by Crippen LogP contribution is -2.25. The summed E-state index contributed by atoms with van der Waals surface area (Å²) in [6.07, 6.45) is 2.52. The first-order valence-corrected chi connectivity index (χ1v) is 9.42. The van der Waals surface area contributed by atoms with Crippen molar-refractivity contribution in [1.29, 1.82) is 0 Å². The van der Waals surface area contributed by atoms with E-state index in [4.69, 9.17) is 4.98 Å². The third-order valence-electron chi connectivity index (χ3n) is 4.40. The lowest BCUT2D eigenvalue weighted by Gasteiger charge is -2.13. The molecule has 0 unspecified atom stereocenters. The summed E-state index contributed by atoms with van der Waals surface area (Å²) in [5.74, 6) is 0.431. The molecule has 0 aliphatic rings. The average Bonchev–Trinajstić information content (AvgIpc) is 2.72. The average molecular weight is 371 g/mol. The van der Waals surface area contributed by atoms with Gasteiger partial charge < -0.3 is 10.6 Å². The summed E-state index contributed by atoms with van der Waals surface area (Å²) >= 11 is 0. The van der Waals surface area contributed by atoms with Crippen molar-refractivity contribution in [3.63, 3.8) is 0 Å². The third-order valence-corrected chi connectivity index (χ3v) is 4.40. The molecular formula is C24H25N3O. The van der Waals surface area contributed by atoms with E-state index in [0.29, 0.717) is 24.5 Å². The van der Waals surface area contributed by atoms with Crippen molar-refractivity contribution in [3.05, 3.63) is 96.1 Å². The number of hydrogen-bond acceptors (Lipinski definition) is 3. The van der Waals surface area contributed by atoms with E-state index < -0.39 is 0 Å². The zero-order valence-electron chi connectivity index (χ0n) is 16.1. The van der Waals surface area contributed by atoms with Crippen LogP contribution in [0.1, 0.15) is 21.5 Å². The highest BCUT2D eigenvalue weighted by atomic mass is 16.1. The topological polar surface area (TPSA) is 54.0 Å². The maximum Gasteiger partial charge on any atom is 0.255 e. The van der Waals surface area contributed by atoms with Crippen molar-refractivity contribution in [2.75, 3.05) is 18.4 Å². The largest absolute Gasteiger partial charge is 0.369 e. The van der Waals surface area contributed by atoms with Crippen LogP contribution in [-0.4, -0.2) is 24.0 Å². The first-order chi connectivity index (χ1) is 13.7. The summed E-state index contributed by atoms with van der Waals surface area (Å²) < 4.78 is 0. The van der Waals surface area contributed by atoms with E-state index in [1.165, 1.54) is 11.1 Å². The maximum atomic E-state index is 12.5. The predicted octanol–water partition coefficient (Wildman–Crippen LogP) is 4.63. The molecule has 4 nitrogen and oxygen atoms in total. The molecule has 28 heavy (non-hydrogen) atoms. The molecule has 2 aromatic carbocycles. The number of nitrogens with zero attached hydrogens (tertiary/aromatic N) is 1. The van der Waals surface area contributed by atoms with Gasteiger partial charge in [0.05, 0.1) is 11.3 Å². The fourth-order valence-electron chi connectivity index (χ4n) is 3.00. The van der Waals surface area contributed by atoms with Crippen LogP contribution < -0.4 is 10.6 Å². The number of carbonyl (C=O) groups excluding carboxylic acids is 1. The summed E-state index contributed by atoms with van der Waals surface area (Å²) in [5, 5.41) is 6.18. The quantitative estimate of drug-likeness (QED) is 0.568. The summed E-state index contributed by atoms with van der Waals surface area (Å²) in [6.45, 7) is 6.84. The monoisotopic (exact) mass is 371 g/mol. The fourth-order valence-corrected chi connectivity index (χ4v) is 3.00. The fraction of sp³-hybridized carbons (Fsp3) is 0.167. The number of anilines is 1. The van der Waals surface area contributed by atoms with E-state index in [-0.39, 0.29) is 5.91 Å². The summed E-state index contributed by atoms with van der Waals surface area (Å²) in [4.78, 5) is 17.2. The number of benzene rings is 2. The molecule has 1 aromatic heterocycles. The van der Waals surface area contributed by atoms with Crippen molar-refractivity contribution in [2.24, 2.45) is 0 Å². The first-order valence-electron chi connectivity index (χ1n) is 9.42. The Morgan fingerprint density at radius 1 is 1.07 bits per heavy atom. The van der Waals surface area contributed by atoms with Crippen LogP contribution in [0.4, 0.5) is 5.82 Å². The Morgan fingerprint density at radius 2 is 1.89 bits per heavy atom. The third kappa shape index (κ3) is 5.07. The Bertz CT molecular complexity index is 951. The number of nitrogens with one attached hydrogen (secondary N) is 2. The van der Waals surface area contributed by atoms with Gasteiger partial charge in [-0.25, -0.2) is 4.98 Å². The second-order valence-electron chi connectivity index (χ2n) is 6.62. The molecular weight excluding hydrogens is 346 g/mol. The minimum Gasteiger partial charge on any atom is -0.369 e. The van der Waals surface area contributed by atoms with Gasteiger partial charge in [0.1, 0.15) is 5.82 Å². The van der Waals surface area contributed by atoms with Crippen LogP contribution >= 0.6 is 0 Å². The summed E-state index contributed by atoms with van der Waals surface area (Å²) in [7, 11) is 0. The highest BCUT2D eigenvalue weighted by Gasteiger charge is 2.13. The van der Waals surface area contributed by atoms with Crippen molar-refractivity contribution in [1.82, 2.24) is 10.3 Å². The molecule has 0 atom stereocenters. The van der Waals surface area contributed by atoms with Gasteiger partial charge in [-0.15, -0.1) is 6.58 Å². The molecule has 0 fully saturated rings. The second-order valence-corrected chi connectivity index (χ2v) is 6.62. The van der Waals surface area contributed by atoms with E-state index in [1.807, 2.05) is 42.5 Å². The number of rotatable bonds is 8. The number of pyridine rings is 1. The Balaban J connectivity index is 1.81. The van der Waals surface area contributed by atoms with Gasteiger partial charge in [-0.1, -0.05) is 66.2 Å². The van der Waals surface area contributed by atoms with Crippen LogP contribution in [0.25, 0.3) is 11.3 Å². The maximum absolute atomic E-state index is 12.5. The van der Waals surface area contributed by atoms with Crippen molar-refractivity contribution in [3.8, 4) is 11.3 Å².